The van der Waals surface area contributed by atoms with Gasteiger partial charge in [0.1, 0.15) is 5.82 Å². The molecule has 20 heavy (non-hydrogen) atoms. The standard InChI is InChI=1S/C16H18N4/c1-11(8-9-19-2)12-4-3-5-13(10-12)15-7-6-14(17)16(18)20-15/h5-10H,1-4,17H2,(H2,18,20)/b9-8-. The van der Waals surface area contributed by atoms with E-state index in [-0.39, 0.29) is 0 Å². The summed E-state index contributed by atoms with van der Waals surface area (Å²) in [7, 11) is 0. The fourth-order valence-corrected chi connectivity index (χ4v) is 2.03. The lowest BCUT2D eigenvalue weighted by atomic mass is 9.93. The van der Waals surface area contributed by atoms with Crippen LogP contribution in [0.2, 0.25) is 0 Å². The fraction of sp³-hybridized carbons (Fsp3) is 0.125. The Morgan fingerprint density at radius 2 is 2.15 bits per heavy atom. The second kappa shape index (κ2) is 6.02. The molecular formula is C16H18N4. The Labute approximate surface area is 118 Å². The van der Waals surface area contributed by atoms with Crippen molar-refractivity contribution in [3.8, 4) is 0 Å². The molecule has 102 valence electrons. The highest BCUT2D eigenvalue weighted by Crippen LogP contribution is 2.29. The maximum atomic E-state index is 5.76. The molecule has 4 nitrogen and oxygen atoms in total. The van der Waals surface area contributed by atoms with Gasteiger partial charge in [0.15, 0.2) is 0 Å². The van der Waals surface area contributed by atoms with Gasteiger partial charge >= 0.3 is 0 Å². The molecule has 1 aliphatic carbocycles. The summed E-state index contributed by atoms with van der Waals surface area (Å²) in [6.45, 7) is 7.45. The number of pyridine rings is 1. The smallest absolute Gasteiger partial charge is 0.147 e. The maximum Gasteiger partial charge on any atom is 0.147 e. The number of hydrogen-bond donors (Lipinski definition) is 2. The summed E-state index contributed by atoms with van der Waals surface area (Å²) in [6, 6.07) is 3.65. The number of aliphatic imine (C=N–C) groups is 1. The van der Waals surface area contributed by atoms with Crippen LogP contribution < -0.4 is 11.5 Å². The average Bonchev–Trinajstić information content (AvgIpc) is 2.47. The summed E-state index contributed by atoms with van der Waals surface area (Å²) in [6.07, 6.45) is 9.62. The first-order valence-electron chi connectivity index (χ1n) is 6.36. The van der Waals surface area contributed by atoms with Gasteiger partial charge in [0.05, 0.1) is 11.4 Å². The van der Waals surface area contributed by atoms with Gasteiger partial charge in [-0.05, 0) is 60.6 Å². The van der Waals surface area contributed by atoms with Crippen LogP contribution in [0.25, 0.3) is 5.57 Å². The van der Waals surface area contributed by atoms with Gasteiger partial charge in [-0.3, -0.25) is 4.99 Å². The summed E-state index contributed by atoms with van der Waals surface area (Å²) in [5.74, 6) is 0.360. The highest BCUT2D eigenvalue weighted by atomic mass is 14.9. The zero-order chi connectivity index (χ0) is 14.5. The predicted octanol–water partition coefficient (Wildman–Crippen LogP) is 3.12. The van der Waals surface area contributed by atoms with Gasteiger partial charge in [0.25, 0.3) is 0 Å². The normalized spacial score (nSPS) is 14.8. The third kappa shape index (κ3) is 3.03. The number of anilines is 2. The van der Waals surface area contributed by atoms with Crippen LogP contribution in [0.1, 0.15) is 18.5 Å². The number of nitrogen functional groups attached to an aromatic ring is 2. The minimum absolute atomic E-state index is 0.360. The van der Waals surface area contributed by atoms with Gasteiger partial charge < -0.3 is 11.5 Å². The predicted molar refractivity (Wildman–Crippen MR) is 86.2 cm³/mol. The van der Waals surface area contributed by atoms with Crippen LogP contribution in [0.4, 0.5) is 11.5 Å². The summed E-state index contributed by atoms with van der Waals surface area (Å²) < 4.78 is 0. The van der Waals surface area contributed by atoms with E-state index in [0.717, 1.165) is 29.7 Å². The van der Waals surface area contributed by atoms with Gasteiger partial charge in [0, 0.05) is 6.20 Å². The van der Waals surface area contributed by atoms with Crippen molar-refractivity contribution >= 4 is 23.8 Å². The van der Waals surface area contributed by atoms with Crippen molar-refractivity contribution in [2.75, 3.05) is 11.5 Å². The van der Waals surface area contributed by atoms with Crippen LogP contribution in [0, 0.1) is 0 Å². The van der Waals surface area contributed by atoms with E-state index in [1.807, 2.05) is 12.1 Å². The summed E-state index contributed by atoms with van der Waals surface area (Å²) in [4.78, 5) is 8.01. The Bertz CT molecular complexity index is 636. The highest BCUT2D eigenvalue weighted by Gasteiger charge is 2.10. The lowest BCUT2D eigenvalue weighted by Gasteiger charge is -2.14. The highest BCUT2D eigenvalue weighted by molar-refractivity contribution is 5.77. The van der Waals surface area contributed by atoms with Crippen LogP contribution >= 0.6 is 0 Å². The molecule has 1 aliphatic rings. The Morgan fingerprint density at radius 1 is 1.35 bits per heavy atom. The average molecular weight is 266 g/mol. The third-order valence-corrected chi connectivity index (χ3v) is 3.15. The molecule has 0 bridgehead atoms. The molecule has 4 N–H and O–H groups in total. The molecule has 0 spiro atoms. The van der Waals surface area contributed by atoms with Crippen LogP contribution in [-0.4, -0.2) is 11.7 Å². The van der Waals surface area contributed by atoms with Gasteiger partial charge in [-0.2, -0.15) is 0 Å². The maximum absolute atomic E-state index is 5.76. The molecule has 1 aromatic heterocycles. The molecule has 1 aromatic rings. The number of allylic oxidation sites excluding steroid dienone is 6. The molecule has 0 saturated heterocycles. The largest absolute Gasteiger partial charge is 0.396 e. The number of hydrogen-bond acceptors (Lipinski definition) is 4. The molecule has 0 fully saturated rings. The van der Waals surface area contributed by atoms with E-state index in [2.05, 4.69) is 35.4 Å². The summed E-state index contributed by atoms with van der Waals surface area (Å²) in [5.41, 5.74) is 15.9. The Balaban J connectivity index is 2.29. The molecule has 4 heteroatoms. The zero-order valence-corrected chi connectivity index (χ0v) is 11.3. The molecule has 0 aromatic carbocycles. The first-order chi connectivity index (χ1) is 9.61. The molecule has 1 heterocycles. The number of nitrogens with zero attached hydrogens (tertiary/aromatic N) is 2. The molecule has 2 rings (SSSR count). The fourth-order valence-electron chi connectivity index (χ4n) is 2.03. The van der Waals surface area contributed by atoms with Crippen LogP contribution in [-0.2, 0) is 0 Å². The Morgan fingerprint density at radius 3 is 2.85 bits per heavy atom. The first kappa shape index (κ1) is 13.8. The molecule has 0 amide bonds. The second-order valence-electron chi connectivity index (χ2n) is 4.56. The van der Waals surface area contributed by atoms with Crippen molar-refractivity contribution in [2.45, 2.75) is 12.8 Å². The lowest BCUT2D eigenvalue weighted by Crippen LogP contribution is -2.01. The molecule has 0 aliphatic heterocycles. The number of rotatable bonds is 4. The summed E-state index contributed by atoms with van der Waals surface area (Å²) in [5, 5.41) is 0. The van der Waals surface area contributed by atoms with Crippen LogP contribution in [0.3, 0.4) is 0 Å². The SMILES string of the molecule is C=N/C=C\C(=C)C1=CC(c2ccc(N)c(N)n2)=CCC1. The third-order valence-electron chi connectivity index (χ3n) is 3.15. The van der Waals surface area contributed by atoms with Gasteiger partial charge in [0.2, 0.25) is 0 Å². The van der Waals surface area contributed by atoms with Crippen molar-refractivity contribution in [1.29, 1.82) is 0 Å². The van der Waals surface area contributed by atoms with E-state index in [1.165, 1.54) is 5.57 Å². The quantitative estimate of drug-likeness (QED) is 0.649. The Kier molecular flexibility index (Phi) is 4.15. The molecule has 0 unspecified atom stereocenters. The number of aromatic nitrogens is 1. The minimum Gasteiger partial charge on any atom is -0.396 e. The van der Waals surface area contributed by atoms with Crippen molar-refractivity contribution in [3.05, 3.63) is 60.0 Å². The molecule has 0 saturated carbocycles. The van der Waals surface area contributed by atoms with E-state index < -0.39 is 0 Å². The van der Waals surface area contributed by atoms with Gasteiger partial charge in [-0.25, -0.2) is 4.98 Å². The van der Waals surface area contributed by atoms with Crippen molar-refractivity contribution < 1.29 is 0 Å². The van der Waals surface area contributed by atoms with E-state index in [9.17, 15) is 0 Å². The van der Waals surface area contributed by atoms with Crippen molar-refractivity contribution in [1.82, 2.24) is 4.98 Å². The summed E-state index contributed by atoms with van der Waals surface area (Å²) >= 11 is 0. The van der Waals surface area contributed by atoms with E-state index in [4.69, 9.17) is 11.5 Å². The molecular weight excluding hydrogens is 248 g/mol. The van der Waals surface area contributed by atoms with Crippen LogP contribution in [0.5, 0.6) is 0 Å². The van der Waals surface area contributed by atoms with E-state index in [0.29, 0.717) is 11.5 Å². The van der Waals surface area contributed by atoms with Crippen molar-refractivity contribution in [2.24, 2.45) is 4.99 Å². The zero-order valence-electron chi connectivity index (χ0n) is 11.3. The number of nitrogens with two attached hydrogens (primary N) is 2. The topological polar surface area (TPSA) is 77.3 Å². The van der Waals surface area contributed by atoms with Gasteiger partial charge in [-0.1, -0.05) is 12.7 Å². The first-order valence-corrected chi connectivity index (χ1v) is 6.36. The van der Waals surface area contributed by atoms with Crippen molar-refractivity contribution in [3.63, 3.8) is 0 Å². The lowest BCUT2D eigenvalue weighted by molar-refractivity contribution is 0.981. The van der Waals surface area contributed by atoms with Gasteiger partial charge in [-0.15, -0.1) is 0 Å². The van der Waals surface area contributed by atoms with E-state index >= 15 is 0 Å². The second-order valence-corrected chi connectivity index (χ2v) is 4.56. The molecule has 0 atom stereocenters. The molecule has 0 radical (unpaired) electrons. The van der Waals surface area contributed by atoms with E-state index in [1.54, 1.807) is 12.3 Å². The monoisotopic (exact) mass is 266 g/mol. The minimum atomic E-state index is 0.360. The van der Waals surface area contributed by atoms with Crippen LogP contribution in [0.15, 0.2) is 59.3 Å². The Hall–Kier alpha value is -2.62.